The summed E-state index contributed by atoms with van der Waals surface area (Å²) in [5, 5.41) is 21.4. The quantitative estimate of drug-likeness (QED) is 0.382. The first-order chi connectivity index (χ1) is 8.59. The third-order valence-corrected chi connectivity index (χ3v) is 4.84. The molecule has 0 unspecified atom stereocenters. The van der Waals surface area contributed by atoms with Gasteiger partial charge in [-0.05, 0) is 0 Å². The molecule has 0 heterocycles. The Bertz CT molecular complexity index is 624. The van der Waals surface area contributed by atoms with Crippen LogP contribution in [0.1, 0.15) is 0 Å². The summed E-state index contributed by atoms with van der Waals surface area (Å²) < 4.78 is 21.4. The number of nitrogen functional groups attached to an aromatic ring is 1. The zero-order chi connectivity index (χ0) is 15.0. The minimum atomic E-state index is -4.34. The Labute approximate surface area is 116 Å². The molecular weight excluding hydrogens is 325 g/mol. The molecule has 0 atom stereocenters. The van der Waals surface area contributed by atoms with Crippen LogP contribution in [0.5, 0.6) is 0 Å². The smallest absolute Gasteiger partial charge is 0.300 e. The van der Waals surface area contributed by atoms with Crippen LogP contribution in [0.4, 0.5) is 17.1 Å². The van der Waals surface area contributed by atoms with Crippen LogP contribution in [-0.4, -0.2) is 22.4 Å². The van der Waals surface area contributed by atoms with E-state index in [1.54, 1.807) is 0 Å². The molecule has 104 valence electrons. The van der Waals surface area contributed by atoms with E-state index in [1.807, 2.05) is 0 Å². The molecule has 0 saturated carbocycles. The first kappa shape index (κ1) is 15.4. The zero-order valence-electron chi connectivity index (χ0n) is 8.82. The van der Waals surface area contributed by atoms with Crippen molar-refractivity contribution in [2.45, 2.75) is 9.06 Å². The molecule has 2 N–H and O–H groups in total. The van der Waals surface area contributed by atoms with Gasteiger partial charge in [0.05, 0.1) is 14.7 Å². The van der Waals surface area contributed by atoms with E-state index in [2.05, 4.69) is 0 Å². The van der Waals surface area contributed by atoms with E-state index in [0.717, 1.165) is 0 Å². The van der Waals surface area contributed by atoms with Crippen LogP contribution in [0.15, 0.2) is 17.0 Å². The van der Waals surface area contributed by atoms with E-state index < -0.39 is 45.8 Å². The largest absolute Gasteiger partial charge is 0.387 e. The predicted molar refractivity (Wildman–Crippen MR) is 66.8 cm³/mol. The van der Waals surface area contributed by atoms with Crippen molar-refractivity contribution in [2.75, 3.05) is 5.73 Å². The lowest BCUT2D eigenvalue weighted by Crippen LogP contribution is -2.11. The van der Waals surface area contributed by atoms with Crippen molar-refractivity contribution in [3.8, 4) is 0 Å². The van der Waals surface area contributed by atoms with Crippen LogP contribution in [0, 0.1) is 20.2 Å². The fraction of sp³-hybridized carbons (Fsp3) is 0.143. The summed E-state index contributed by atoms with van der Waals surface area (Å²) in [5.74, 6) is 0. The SMILES string of the molecule is Nc1c([N+](=O)[O-])cc(S(=O)(=O)C(Cl)Cl)cc1[N+](=O)[O-]. The fourth-order valence-corrected chi connectivity index (χ4v) is 2.54. The number of nitrogens with two attached hydrogens (primary N) is 1. The van der Waals surface area contributed by atoms with E-state index in [-0.39, 0.29) is 0 Å². The molecule has 0 saturated heterocycles. The molecule has 0 aliphatic heterocycles. The van der Waals surface area contributed by atoms with Gasteiger partial charge in [0.15, 0.2) is 5.69 Å². The Morgan fingerprint density at radius 1 is 1.11 bits per heavy atom. The molecule has 12 heteroatoms. The van der Waals surface area contributed by atoms with E-state index in [1.165, 1.54) is 0 Å². The third kappa shape index (κ3) is 2.85. The molecule has 1 rings (SSSR count). The van der Waals surface area contributed by atoms with Crippen molar-refractivity contribution in [1.29, 1.82) is 0 Å². The Hall–Kier alpha value is -1.65. The highest BCUT2D eigenvalue weighted by Crippen LogP contribution is 2.36. The van der Waals surface area contributed by atoms with Crippen molar-refractivity contribution >= 4 is 50.1 Å². The second-order valence-electron chi connectivity index (χ2n) is 3.20. The zero-order valence-corrected chi connectivity index (χ0v) is 11.1. The van der Waals surface area contributed by atoms with Gasteiger partial charge in [-0.15, -0.1) is 0 Å². The molecule has 0 aliphatic carbocycles. The number of nitro groups is 2. The Morgan fingerprint density at radius 3 is 1.74 bits per heavy atom. The monoisotopic (exact) mass is 329 g/mol. The predicted octanol–water partition coefficient (Wildman–Crippen LogP) is 1.62. The average Bonchev–Trinajstić information content (AvgIpc) is 2.27. The minimum Gasteiger partial charge on any atom is -0.387 e. The number of halogens is 2. The Kier molecular flexibility index (Phi) is 4.18. The Morgan fingerprint density at radius 2 is 1.47 bits per heavy atom. The number of nitro benzene ring substituents is 2. The molecule has 0 bridgehead atoms. The maximum absolute atomic E-state index is 11.6. The van der Waals surface area contributed by atoms with Crippen molar-refractivity contribution in [1.82, 2.24) is 0 Å². The maximum Gasteiger partial charge on any atom is 0.300 e. The van der Waals surface area contributed by atoms with E-state index >= 15 is 0 Å². The highest BCUT2D eigenvalue weighted by atomic mass is 35.5. The van der Waals surface area contributed by atoms with Crippen LogP contribution >= 0.6 is 23.2 Å². The summed E-state index contributed by atoms with van der Waals surface area (Å²) in [6.45, 7) is 0. The van der Waals surface area contributed by atoms with Gasteiger partial charge in [0.1, 0.15) is 0 Å². The lowest BCUT2D eigenvalue weighted by atomic mass is 10.2. The summed E-state index contributed by atoms with van der Waals surface area (Å²) in [7, 11) is -4.34. The lowest BCUT2D eigenvalue weighted by Gasteiger charge is -2.06. The summed E-state index contributed by atoms with van der Waals surface area (Å²) in [5.41, 5.74) is 2.64. The molecular formula is C7H5Cl2N3O6S. The second-order valence-corrected chi connectivity index (χ2v) is 6.84. The average molecular weight is 330 g/mol. The van der Waals surface area contributed by atoms with Gasteiger partial charge < -0.3 is 5.73 Å². The fourth-order valence-electron chi connectivity index (χ4n) is 1.17. The Balaban J connectivity index is 3.71. The highest BCUT2D eigenvalue weighted by molar-refractivity contribution is 7.94. The number of alkyl halides is 2. The molecule has 0 spiro atoms. The summed E-state index contributed by atoms with van der Waals surface area (Å²) >= 11 is 10.4. The molecule has 0 aliphatic rings. The van der Waals surface area contributed by atoms with Gasteiger partial charge in [-0.3, -0.25) is 20.2 Å². The van der Waals surface area contributed by atoms with Gasteiger partial charge in [0.25, 0.3) is 0 Å². The number of hydrogen-bond donors (Lipinski definition) is 1. The van der Waals surface area contributed by atoms with Crippen molar-refractivity contribution < 1.29 is 18.3 Å². The van der Waals surface area contributed by atoms with Gasteiger partial charge >= 0.3 is 11.4 Å². The number of anilines is 1. The number of benzene rings is 1. The lowest BCUT2D eigenvalue weighted by molar-refractivity contribution is -0.392. The topological polar surface area (TPSA) is 146 Å². The number of nitrogens with zero attached hydrogens (tertiary/aromatic N) is 2. The van der Waals surface area contributed by atoms with Crippen molar-refractivity contribution in [3.63, 3.8) is 0 Å². The van der Waals surface area contributed by atoms with Crippen LogP contribution in [0.2, 0.25) is 0 Å². The standard InChI is InChI=1S/C7H5Cl2N3O6S/c8-7(9)19(17,18)3-1-4(11(13)14)6(10)5(2-3)12(15)16/h1-2,7H,10H2. The maximum atomic E-state index is 11.6. The molecule has 0 aromatic heterocycles. The molecule has 0 amide bonds. The number of hydrogen-bond acceptors (Lipinski definition) is 7. The summed E-state index contributed by atoms with van der Waals surface area (Å²) in [4.78, 5) is 18.5. The van der Waals surface area contributed by atoms with Gasteiger partial charge in [0, 0.05) is 12.1 Å². The molecule has 0 radical (unpaired) electrons. The first-order valence-electron chi connectivity index (χ1n) is 4.33. The molecule has 9 nitrogen and oxygen atoms in total. The summed E-state index contributed by atoms with van der Waals surface area (Å²) in [6.07, 6.45) is 0. The third-order valence-electron chi connectivity index (χ3n) is 2.07. The molecule has 1 aromatic carbocycles. The van der Waals surface area contributed by atoms with Gasteiger partial charge in [-0.25, -0.2) is 8.42 Å². The van der Waals surface area contributed by atoms with Crippen LogP contribution in [0.25, 0.3) is 0 Å². The van der Waals surface area contributed by atoms with Crippen molar-refractivity contribution in [3.05, 3.63) is 32.4 Å². The number of rotatable bonds is 4. The van der Waals surface area contributed by atoms with E-state index in [0.29, 0.717) is 12.1 Å². The molecule has 1 aromatic rings. The van der Waals surface area contributed by atoms with Crippen LogP contribution < -0.4 is 5.73 Å². The molecule has 19 heavy (non-hydrogen) atoms. The van der Waals surface area contributed by atoms with Gasteiger partial charge in [-0.2, -0.15) is 0 Å². The van der Waals surface area contributed by atoms with Crippen molar-refractivity contribution in [2.24, 2.45) is 0 Å². The van der Waals surface area contributed by atoms with E-state index in [4.69, 9.17) is 28.9 Å². The van der Waals surface area contributed by atoms with Crippen LogP contribution in [-0.2, 0) is 9.84 Å². The summed E-state index contributed by atoms with van der Waals surface area (Å²) in [6, 6.07) is 1.13. The van der Waals surface area contributed by atoms with Gasteiger partial charge in [-0.1, -0.05) is 23.2 Å². The highest BCUT2D eigenvalue weighted by Gasteiger charge is 2.31. The van der Waals surface area contributed by atoms with Gasteiger partial charge in [0.2, 0.25) is 14.0 Å². The molecule has 0 fully saturated rings. The van der Waals surface area contributed by atoms with Crippen LogP contribution in [0.3, 0.4) is 0 Å². The first-order valence-corrected chi connectivity index (χ1v) is 6.75. The number of sulfone groups is 1. The second kappa shape index (κ2) is 5.15. The van der Waals surface area contributed by atoms with E-state index in [9.17, 15) is 28.6 Å². The normalized spacial score (nSPS) is 11.5. The minimum absolute atomic E-state index is 0.565.